The number of amides is 2. The number of methoxy groups -OCH3 is 1. The minimum absolute atomic E-state index is 0.0596. The fraction of sp³-hybridized carbons (Fsp3) is 0.600. The van der Waals surface area contributed by atoms with Crippen molar-refractivity contribution in [2.45, 2.75) is 89.8 Å². The van der Waals surface area contributed by atoms with Crippen molar-refractivity contribution in [2.75, 3.05) is 37.4 Å². The summed E-state index contributed by atoms with van der Waals surface area (Å²) in [6.07, 6.45) is 7.30. The molecule has 2 aromatic rings. The maximum atomic E-state index is 14.4. The highest BCUT2D eigenvalue weighted by Gasteiger charge is 2.57. The zero-order valence-corrected chi connectivity index (χ0v) is 29.0. The highest BCUT2D eigenvalue weighted by atomic mass is 35.5. The number of nitrogens with zero attached hydrogens (tertiary/aromatic N) is 3. The molecule has 0 saturated carbocycles. The van der Waals surface area contributed by atoms with Crippen molar-refractivity contribution in [2.24, 2.45) is 17.6 Å². The van der Waals surface area contributed by atoms with Crippen LogP contribution in [0, 0.1) is 18.8 Å². The third kappa shape index (κ3) is 6.90. The molecule has 4 unspecified atom stereocenters. The number of aryl methyl sites for hydroxylation is 1. The van der Waals surface area contributed by atoms with Gasteiger partial charge in [0.2, 0.25) is 15.9 Å². The van der Waals surface area contributed by atoms with Gasteiger partial charge in [-0.25, -0.2) is 12.7 Å². The van der Waals surface area contributed by atoms with E-state index >= 15 is 0 Å². The number of halogens is 1. The van der Waals surface area contributed by atoms with Gasteiger partial charge in [0.25, 0.3) is 5.91 Å². The number of nitrogens with two attached hydrogens (primary N) is 1. The molecular formula is C35H49ClN4O5S. The van der Waals surface area contributed by atoms with Gasteiger partial charge in [-0.05, 0) is 100 Å². The number of rotatable bonds is 13. The second kappa shape index (κ2) is 14.5. The van der Waals surface area contributed by atoms with Crippen LogP contribution in [0.5, 0.6) is 5.75 Å². The minimum Gasteiger partial charge on any atom is -0.496 e. The topological polar surface area (TPSA) is 113 Å². The van der Waals surface area contributed by atoms with Gasteiger partial charge in [0.1, 0.15) is 11.4 Å². The summed E-state index contributed by atoms with van der Waals surface area (Å²) < 4.78 is 35.1. The number of unbranched alkanes of at least 4 members (excludes halogenated alkanes) is 1. The molecule has 0 aromatic heterocycles. The number of piperidine rings is 2. The average Bonchev–Trinajstić information content (AvgIpc) is 3.22. The van der Waals surface area contributed by atoms with Crippen LogP contribution in [-0.4, -0.2) is 73.6 Å². The van der Waals surface area contributed by atoms with E-state index in [-0.39, 0.29) is 35.1 Å². The van der Waals surface area contributed by atoms with Crippen molar-refractivity contribution in [3.63, 3.8) is 0 Å². The molecule has 11 heteroatoms. The highest BCUT2D eigenvalue weighted by Crippen LogP contribution is 2.48. The summed E-state index contributed by atoms with van der Waals surface area (Å²) >= 11 is 6.44. The molecule has 0 radical (unpaired) electrons. The first kappa shape index (κ1) is 34.5. The van der Waals surface area contributed by atoms with Crippen molar-refractivity contribution in [3.8, 4) is 5.75 Å². The maximum absolute atomic E-state index is 14.4. The Labute approximate surface area is 279 Å². The normalized spacial score (nSPS) is 25.0. The van der Waals surface area contributed by atoms with Crippen molar-refractivity contribution in [1.82, 2.24) is 9.21 Å². The fourth-order valence-electron chi connectivity index (χ4n) is 8.10. The smallest absolute Gasteiger partial charge is 0.272 e. The summed E-state index contributed by atoms with van der Waals surface area (Å²) in [5.41, 5.74) is 7.31. The third-order valence-corrected chi connectivity index (χ3v) is 12.8. The molecule has 46 heavy (non-hydrogen) atoms. The van der Waals surface area contributed by atoms with Gasteiger partial charge in [-0.15, -0.1) is 0 Å². The standard InChI is InChI=1S/C35H49ClN4O5S/c1-4-5-22-46(43,44)40(34(42)30-12-6-7-13-32(30)45-3)35-18-8-11-27(16-19-35)39(35)20-9-10-26-24-38(21-17-29(26)33(37)41)28-15-14-25(2)31(36)23-28/h6-7,12-15,23,26-27,29H,4-5,8-11,16-22,24H2,1-3H3,(H2,37,41). The molecular weight excluding hydrogens is 624 g/mol. The predicted octanol–water partition coefficient (Wildman–Crippen LogP) is 5.98. The molecule has 4 atom stereocenters. The molecule has 2 aromatic carbocycles. The van der Waals surface area contributed by atoms with Crippen LogP contribution >= 0.6 is 11.6 Å². The van der Waals surface area contributed by atoms with Gasteiger partial charge in [-0.2, -0.15) is 0 Å². The molecule has 2 amide bonds. The van der Waals surface area contributed by atoms with E-state index in [0.717, 1.165) is 54.9 Å². The van der Waals surface area contributed by atoms with E-state index in [1.54, 1.807) is 24.3 Å². The lowest BCUT2D eigenvalue weighted by Crippen LogP contribution is -2.64. The summed E-state index contributed by atoms with van der Waals surface area (Å²) in [4.78, 5) is 31.5. The van der Waals surface area contributed by atoms with Gasteiger partial charge < -0.3 is 15.4 Å². The molecule has 0 aliphatic carbocycles. The van der Waals surface area contributed by atoms with Crippen LogP contribution in [0.2, 0.25) is 5.02 Å². The van der Waals surface area contributed by atoms with Crippen molar-refractivity contribution in [1.29, 1.82) is 0 Å². The number of ether oxygens (including phenoxy) is 1. The number of carbonyl (C=O) groups excluding carboxylic acids is 2. The Morgan fingerprint density at radius 2 is 1.89 bits per heavy atom. The third-order valence-electron chi connectivity index (χ3n) is 10.5. The van der Waals surface area contributed by atoms with Gasteiger partial charge in [0.05, 0.1) is 18.4 Å². The van der Waals surface area contributed by atoms with E-state index in [1.807, 2.05) is 26.0 Å². The first-order chi connectivity index (χ1) is 22.0. The number of hydrogen-bond acceptors (Lipinski definition) is 7. The Bertz CT molecular complexity index is 1520. The number of hydrogen-bond donors (Lipinski definition) is 1. The summed E-state index contributed by atoms with van der Waals surface area (Å²) in [5, 5.41) is 0.720. The molecule has 3 heterocycles. The largest absolute Gasteiger partial charge is 0.496 e. The number of benzene rings is 2. The van der Waals surface area contributed by atoms with Crippen LogP contribution in [0.25, 0.3) is 0 Å². The summed E-state index contributed by atoms with van der Waals surface area (Å²) in [6.45, 7) is 6.01. The molecule has 5 rings (SSSR count). The van der Waals surface area contributed by atoms with Gasteiger partial charge in [0.15, 0.2) is 0 Å². The number of carbonyl (C=O) groups is 2. The van der Waals surface area contributed by atoms with E-state index in [2.05, 4.69) is 15.9 Å². The molecule has 0 spiro atoms. The van der Waals surface area contributed by atoms with E-state index in [0.29, 0.717) is 50.9 Å². The molecule has 3 aliphatic heterocycles. The minimum atomic E-state index is -3.94. The first-order valence-electron chi connectivity index (χ1n) is 16.8. The van der Waals surface area contributed by atoms with Crippen LogP contribution in [0.1, 0.15) is 87.1 Å². The SMILES string of the molecule is CCCCS(=O)(=O)N(C(=O)c1ccccc1OC)C12CCCC(CC1)N2CCCC1CN(c2ccc(C)c(Cl)c2)CCC1C(N)=O. The number of para-hydroxylation sites is 1. The Morgan fingerprint density at radius 1 is 1.11 bits per heavy atom. The highest BCUT2D eigenvalue weighted by molar-refractivity contribution is 7.89. The van der Waals surface area contributed by atoms with E-state index in [1.165, 1.54) is 11.4 Å². The second-order valence-corrected chi connectivity index (χ2v) is 15.6. The number of anilines is 1. The van der Waals surface area contributed by atoms with Crippen molar-refractivity contribution < 1.29 is 22.7 Å². The van der Waals surface area contributed by atoms with Gasteiger partial charge in [-0.3, -0.25) is 14.5 Å². The predicted molar refractivity (Wildman–Crippen MR) is 183 cm³/mol. The Morgan fingerprint density at radius 3 is 2.61 bits per heavy atom. The van der Waals surface area contributed by atoms with Crippen molar-refractivity contribution >= 4 is 39.1 Å². The van der Waals surface area contributed by atoms with Crippen LogP contribution in [0.3, 0.4) is 0 Å². The monoisotopic (exact) mass is 672 g/mol. The van der Waals surface area contributed by atoms with Crippen LogP contribution in [-0.2, 0) is 14.8 Å². The lowest BCUT2D eigenvalue weighted by Gasteiger charge is -2.50. The molecule has 2 bridgehead atoms. The summed E-state index contributed by atoms with van der Waals surface area (Å²) in [5.74, 6) is -0.658. The van der Waals surface area contributed by atoms with Crippen LogP contribution < -0.4 is 15.4 Å². The average molecular weight is 673 g/mol. The van der Waals surface area contributed by atoms with E-state index in [4.69, 9.17) is 22.1 Å². The molecule has 2 N–H and O–H groups in total. The molecule has 252 valence electrons. The number of primary amides is 1. The molecule has 9 nitrogen and oxygen atoms in total. The van der Waals surface area contributed by atoms with E-state index in [9.17, 15) is 18.0 Å². The Balaban J connectivity index is 1.40. The quantitative estimate of drug-likeness (QED) is 0.279. The molecule has 3 fully saturated rings. The second-order valence-electron chi connectivity index (χ2n) is 13.3. The molecule has 3 aliphatic rings. The zero-order valence-electron chi connectivity index (χ0n) is 27.4. The fourth-order valence-corrected chi connectivity index (χ4v) is 10.3. The number of sulfonamides is 1. The summed E-state index contributed by atoms with van der Waals surface area (Å²) in [6, 6.07) is 13.2. The Kier molecular flexibility index (Phi) is 10.9. The molecule has 3 saturated heterocycles. The number of fused-ring (bicyclic) bond motifs is 2. The lowest BCUT2D eigenvalue weighted by atomic mass is 9.81. The van der Waals surface area contributed by atoms with Crippen molar-refractivity contribution in [3.05, 3.63) is 58.6 Å². The van der Waals surface area contributed by atoms with Crippen LogP contribution in [0.15, 0.2) is 42.5 Å². The Hall–Kier alpha value is -2.82. The van der Waals surface area contributed by atoms with Gasteiger partial charge >= 0.3 is 0 Å². The zero-order chi connectivity index (χ0) is 33.1. The lowest BCUT2D eigenvalue weighted by molar-refractivity contribution is -0.124. The maximum Gasteiger partial charge on any atom is 0.272 e. The van der Waals surface area contributed by atoms with E-state index < -0.39 is 21.6 Å². The summed E-state index contributed by atoms with van der Waals surface area (Å²) in [7, 11) is -2.44. The van der Waals surface area contributed by atoms with Gasteiger partial charge in [-0.1, -0.05) is 43.1 Å². The van der Waals surface area contributed by atoms with Gasteiger partial charge in [0, 0.05) is 42.3 Å². The van der Waals surface area contributed by atoms with Crippen LogP contribution in [0.4, 0.5) is 5.69 Å². The first-order valence-corrected chi connectivity index (χ1v) is 18.8.